The fourth-order valence-corrected chi connectivity index (χ4v) is 1.79. The minimum Gasteiger partial charge on any atom is -0.353 e. The van der Waals surface area contributed by atoms with Gasteiger partial charge >= 0.3 is 0 Å². The molecule has 0 bridgehead atoms. The first-order valence-electron chi connectivity index (χ1n) is 6.10. The standard InChI is InChI=1S/C14H19NO/c1-3-11-5-4-6-12(9-11)10(2)14(16)15-13-7-8-13/h4-6,9-10,13H,3,7-8H2,1-2H3,(H,15,16). The summed E-state index contributed by atoms with van der Waals surface area (Å²) in [6.45, 7) is 4.11. The molecule has 1 saturated carbocycles. The quantitative estimate of drug-likeness (QED) is 0.825. The first-order valence-corrected chi connectivity index (χ1v) is 6.10. The molecule has 1 aromatic carbocycles. The van der Waals surface area contributed by atoms with Crippen LogP contribution in [0, 0.1) is 0 Å². The van der Waals surface area contributed by atoms with Gasteiger partial charge in [0.05, 0.1) is 5.92 Å². The summed E-state index contributed by atoms with van der Waals surface area (Å²) in [5.41, 5.74) is 2.42. The molecule has 16 heavy (non-hydrogen) atoms. The van der Waals surface area contributed by atoms with E-state index in [0.29, 0.717) is 6.04 Å². The van der Waals surface area contributed by atoms with E-state index in [1.165, 1.54) is 5.56 Å². The second-order valence-electron chi connectivity index (χ2n) is 4.60. The maximum Gasteiger partial charge on any atom is 0.227 e. The smallest absolute Gasteiger partial charge is 0.227 e. The fraction of sp³-hybridized carbons (Fsp3) is 0.500. The van der Waals surface area contributed by atoms with Crippen molar-refractivity contribution in [2.75, 3.05) is 0 Å². The van der Waals surface area contributed by atoms with Gasteiger partial charge in [-0.3, -0.25) is 4.79 Å². The molecule has 86 valence electrons. The Morgan fingerprint density at radius 1 is 1.50 bits per heavy atom. The van der Waals surface area contributed by atoms with Gasteiger partial charge in [0.15, 0.2) is 0 Å². The van der Waals surface area contributed by atoms with Crippen LogP contribution in [0.2, 0.25) is 0 Å². The summed E-state index contributed by atoms with van der Waals surface area (Å²) in [7, 11) is 0. The minimum absolute atomic E-state index is 0.0351. The second kappa shape index (κ2) is 4.69. The van der Waals surface area contributed by atoms with E-state index >= 15 is 0 Å². The topological polar surface area (TPSA) is 29.1 Å². The summed E-state index contributed by atoms with van der Waals surface area (Å²) < 4.78 is 0. The molecule has 1 amide bonds. The summed E-state index contributed by atoms with van der Waals surface area (Å²) in [5, 5.41) is 3.05. The van der Waals surface area contributed by atoms with Gasteiger partial charge in [-0.05, 0) is 37.3 Å². The first kappa shape index (κ1) is 11.2. The highest BCUT2D eigenvalue weighted by molar-refractivity contribution is 5.83. The SMILES string of the molecule is CCc1cccc(C(C)C(=O)NC2CC2)c1. The van der Waals surface area contributed by atoms with E-state index in [-0.39, 0.29) is 11.8 Å². The van der Waals surface area contributed by atoms with Crippen LogP contribution in [-0.2, 0) is 11.2 Å². The summed E-state index contributed by atoms with van der Waals surface area (Å²) in [6, 6.07) is 8.77. The molecule has 1 aromatic rings. The summed E-state index contributed by atoms with van der Waals surface area (Å²) >= 11 is 0. The van der Waals surface area contributed by atoms with Gasteiger partial charge < -0.3 is 5.32 Å². The molecular weight excluding hydrogens is 198 g/mol. The zero-order valence-corrected chi connectivity index (χ0v) is 9.99. The number of benzene rings is 1. The molecule has 1 N–H and O–H groups in total. The van der Waals surface area contributed by atoms with Gasteiger partial charge in [0.1, 0.15) is 0 Å². The Bertz CT molecular complexity index is 382. The van der Waals surface area contributed by atoms with E-state index in [1.807, 2.05) is 19.1 Å². The van der Waals surface area contributed by atoms with Crippen molar-refractivity contribution in [2.45, 2.75) is 45.1 Å². The number of amides is 1. The Hall–Kier alpha value is -1.31. The Morgan fingerprint density at radius 3 is 2.88 bits per heavy atom. The van der Waals surface area contributed by atoms with E-state index in [4.69, 9.17) is 0 Å². The fourth-order valence-electron chi connectivity index (χ4n) is 1.79. The van der Waals surface area contributed by atoms with Gasteiger partial charge in [0, 0.05) is 6.04 Å². The van der Waals surface area contributed by atoms with Gasteiger partial charge in [-0.25, -0.2) is 0 Å². The Balaban J connectivity index is 2.05. The molecule has 2 rings (SSSR count). The number of rotatable bonds is 4. The number of hydrogen-bond donors (Lipinski definition) is 1. The lowest BCUT2D eigenvalue weighted by molar-refractivity contribution is -0.122. The third kappa shape index (κ3) is 2.63. The number of carbonyl (C=O) groups excluding carboxylic acids is 1. The molecule has 1 aliphatic rings. The van der Waals surface area contributed by atoms with Crippen molar-refractivity contribution < 1.29 is 4.79 Å². The van der Waals surface area contributed by atoms with Crippen LogP contribution < -0.4 is 5.32 Å². The molecule has 0 radical (unpaired) electrons. The van der Waals surface area contributed by atoms with E-state index in [2.05, 4.69) is 24.4 Å². The van der Waals surface area contributed by atoms with E-state index in [9.17, 15) is 4.79 Å². The molecule has 1 fully saturated rings. The van der Waals surface area contributed by atoms with Gasteiger partial charge in [-0.2, -0.15) is 0 Å². The molecule has 2 heteroatoms. The van der Waals surface area contributed by atoms with E-state index < -0.39 is 0 Å². The van der Waals surface area contributed by atoms with Gasteiger partial charge in [-0.1, -0.05) is 31.2 Å². The summed E-state index contributed by atoms with van der Waals surface area (Å²) in [5.74, 6) is 0.128. The van der Waals surface area contributed by atoms with Crippen LogP contribution in [0.4, 0.5) is 0 Å². The molecule has 0 heterocycles. The molecule has 0 spiro atoms. The Morgan fingerprint density at radius 2 is 2.25 bits per heavy atom. The zero-order valence-electron chi connectivity index (χ0n) is 9.99. The molecule has 0 saturated heterocycles. The van der Waals surface area contributed by atoms with Crippen LogP contribution >= 0.6 is 0 Å². The molecule has 1 unspecified atom stereocenters. The number of carbonyl (C=O) groups is 1. The predicted octanol–water partition coefficient (Wildman–Crippen LogP) is 2.63. The van der Waals surface area contributed by atoms with Crippen molar-refractivity contribution in [1.29, 1.82) is 0 Å². The third-order valence-electron chi connectivity index (χ3n) is 3.18. The van der Waals surface area contributed by atoms with Crippen LogP contribution in [0.5, 0.6) is 0 Å². The van der Waals surface area contributed by atoms with Crippen LogP contribution in [0.1, 0.15) is 43.7 Å². The summed E-state index contributed by atoms with van der Waals surface area (Å²) in [6.07, 6.45) is 3.31. The highest BCUT2D eigenvalue weighted by Gasteiger charge is 2.26. The molecule has 1 aliphatic carbocycles. The average Bonchev–Trinajstić information content (AvgIpc) is 3.12. The maximum absolute atomic E-state index is 11.9. The summed E-state index contributed by atoms with van der Waals surface area (Å²) in [4.78, 5) is 11.9. The van der Waals surface area contributed by atoms with Gasteiger partial charge in [-0.15, -0.1) is 0 Å². The number of hydrogen-bond acceptors (Lipinski definition) is 1. The molecule has 0 aliphatic heterocycles. The monoisotopic (exact) mass is 217 g/mol. The lowest BCUT2D eigenvalue weighted by atomic mass is 9.97. The normalized spacial score (nSPS) is 16.9. The van der Waals surface area contributed by atoms with Gasteiger partial charge in [0.2, 0.25) is 5.91 Å². The largest absolute Gasteiger partial charge is 0.353 e. The number of aryl methyl sites for hydroxylation is 1. The first-order chi connectivity index (χ1) is 7.70. The van der Waals surface area contributed by atoms with Gasteiger partial charge in [0.25, 0.3) is 0 Å². The van der Waals surface area contributed by atoms with E-state index in [0.717, 1.165) is 24.8 Å². The molecule has 2 nitrogen and oxygen atoms in total. The van der Waals surface area contributed by atoms with Crippen LogP contribution in [-0.4, -0.2) is 11.9 Å². The third-order valence-corrected chi connectivity index (χ3v) is 3.18. The Kier molecular flexibility index (Phi) is 3.28. The minimum atomic E-state index is -0.0351. The highest BCUT2D eigenvalue weighted by Crippen LogP contribution is 2.22. The zero-order chi connectivity index (χ0) is 11.5. The van der Waals surface area contributed by atoms with Crippen molar-refractivity contribution in [3.8, 4) is 0 Å². The van der Waals surface area contributed by atoms with Crippen molar-refractivity contribution in [3.63, 3.8) is 0 Å². The molecular formula is C14H19NO. The lowest BCUT2D eigenvalue weighted by Gasteiger charge is -2.13. The van der Waals surface area contributed by atoms with Crippen molar-refractivity contribution in [3.05, 3.63) is 35.4 Å². The number of nitrogens with one attached hydrogen (secondary N) is 1. The lowest BCUT2D eigenvalue weighted by Crippen LogP contribution is -2.29. The van der Waals surface area contributed by atoms with Crippen LogP contribution in [0.25, 0.3) is 0 Å². The van der Waals surface area contributed by atoms with Crippen molar-refractivity contribution in [2.24, 2.45) is 0 Å². The predicted molar refractivity (Wildman–Crippen MR) is 65.4 cm³/mol. The second-order valence-corrected chi connectivity index (χ2v) is 4.60. The molecule has 0 aromatic heterocycles. The average molecular weight is 217 g/mol. The Labute approximate surface area is 97.1 Å². The van der Waals surface area contributed by atoms with Crippen LogP contribution in [0.3, 0.4) is 0 Å². The molecule has 1 atom stereocenters. The highest BCUT2D eigenvalue weighted by atomic mass is 16.1. The van der Waals surface area contributed by atoms with Crippen LogP contribution in [0.15, 0.2) is 24.3 Å². The van der Waals surface area contributed by atoms with E-state index in [1.54, 1.807) is 0 Å². The maximum atomic E-state index is 11.9. The van der Waals surface area contributed by atoms with Crippen molar-refractivity contribution >= 4 is 5.91 Å². The van der Waals surface area contributed by atoms with Crippen molar-refractivity contribution in [1.82, 2.24) is 5.32 Å².